The lowest BCUT2D eigenvalue weighted by Gasteiger charge is -2.26. The van der Waals surface area contributed by atoms with E-state index in [2.05, 4.69) is 9.80 Å². The van der Waals surface area contributed by atoms with Crippen LogP contribution in [-0.4, -0.2) is 42.0 Å². The number of hydrogen-bond donors (Lipinski definition) is 1. The highest BCUT2D eigenvalue weighted by Gasteiger charge is 2.19. The smallest absolute Gasteiger partial charge is 0.124 e. The van der Waals surface area contributed by atoms with Crippen LogP contribution >= 0.6 is 0 Å². The van der Waals surface area contributed by atoms with E-state index in [0.29, 0.717) is 45.0 Å². The fourth-order valence-electron chi connectivity index (χ4n) is 5.57. The van der Waals surface area contributed by atoms with E-state index in [-0.39, 0.29) is 5.75 Å². The molecule has 0 spiro atoms. The largest absolute Gasteiger partial charge is 0.507 e. The number of phenolic OH excluding ortho intramolecular Hbond substituents is 1. The number of rotatable bonds is 13. The summed E-state index contributed by atoms with van der Waals surface area (Å²) >= 11 is 0. The molecule has 0 aliphatic rings. The molecular weight excluding hydrogens is 560 g/mol. The molecule has 0 unspecified atom stereocenters. The summed E-state index contributed by atoms with van der Waals surface area (Å²) in [5.74, 6) is 0.956. The molecule has 1 N–H and O–H groups in total. The van der Waals surface area contributed by atoms with Gasteiger partial charge in [-0.1, -0.05) is 24.3 Å². The third-order valence-corrected chi connectivity index (χ3v) is 7.59. The summed E-state index contributed by atoms with van der Waals surface area (Å²) < 4.78 is 5.75. The van der Waals surface area contributed by atoms with Crippen molar-refractivity contribution in [2.45, 2.75) is 67.0 Å². The first-order chi connectivity index (χ1) is 21.7. The maximum atomic E-state index is 11.8. The Hall–Kier alpha value is -4.66. The van der Waals surface area contributed by atoms with E-state index in [4.69, 9.17) is 24.7 Å². The summed E-state index contributed by atoms with van der Waals surface area (Å²) in [5.41, 5.74) is 9.32. The maximum absolute atomic E-state index is 11.8. The van der Waals surface area contributed by atoms with Crippen LogP contribution in [0, 0.1) is 27.7 Å². The molecule has 8 nitrogen and oxygen atoms in total. The first-order valence-corrected chi connectivity index (χ1v) is 15.3. The van der Waals surface area contributed by atoms with Gasteiger partial charge in [-0.3, -0.25) is 29.7 Å². The topological polar surface area (TPSA) is 87.5 Å². The standard InChI is InChI=1S/C37H42N6O2/c1-26-10-6-14-32(38-26)22-42(23-33-15-7-11-27(2)39-33)20-30-18-36(45-5)19-31(37(30)44)21-43(24-34-16-8-12-28(3)40-34)25-35-17-9-13-29(4)41-35/h6-19,44H,20-25H2,1-5H3. The molecule has 0 saturated heterocycles. The number of aromatic nitrogens is 4. The second kappa shape index (κ2) is 14.9. The minimum atomic E-state index is 0.259. The van der Waals surface area contributed by atoms with Crippen molar-refractivity contribution < 1.29 is 9.84 Å². The molecule has 1 aromatic carbocycles. The number of aryl methyl sites for hydroxylation is 4. The number of aromatic hydroxyl groups is 1. The summed E-state index contributed by atoms with van der Waals surface area (Å²) in [5, 5.41) is 11.8. The van der Waals surface area contributed by atoms with Crippen molar-refractivity contribution in [3.05, 3.63) is 142 Å². The Morgan fingerprint density at radius 2 is 0.822 bits per heavy atom. The van der Waals surface area contributed by atoms with Gasteiger partial charge in [0.05, 0.1) is 29.9 Å². The van der Waals surface area contributed by atoms with Crippen molar-refractivity contribution in [2.75, 3.05) is 7.11 Å². The van der Waals surface area contributed by atoms with Crippen molar-refractivity contribution >= 4 is 0 Å². The average molecular weight is 603 g/mol. The highest BCUT2D eigenvalue weighted by Crippen LogP contribution is 2.32. The Morgan fingerprint density at radius 3 is 1.09 bits per heavy atom. The van der Waals surface area contributed by atoms with Crippen molar-refractivity contribution in [2.24, 2.45) is 0 Å². The Balaban J connectivity index is 1.46. The Labute approximate surface area is 266 Å². The molecule has 232 valence electrons. The number of phenols is 1. The lowest BCUT2D eigenvalue weighted by atomic mass is 10.1. The summed E-state index contributed by atoms with van der Waals surface area (Å²) in [6.07, 6.45) is 0. The van der Waals surface area contributed by atoms with Gasteiger partial charge in [0.15, 0.2) is 0 Å². The molecule has 8 heteroatoms. The molecule has 0 saturated carbocycles. The minimum absolute atomic E-state index is 0.259. The van der Waals surface area contributed by atoms with E-state index < -0.39 is 0 Å². The van der Waals surface area contributed by atoms with Crippen LogP contribution < -0.4 is 4.74 Å². The molecule has 5 rings (SSSR count). The first kappa shape index (κ1) is 31.8. The van der Waals surface area contributed by atoms with E-state index in [0.717, 1.165) is 56.7 Å². The zero-order valence-electron chi connectivity index (χ0n) is 26.9. The van der Waals surface area contributed by atoms with Crippen LogP contribution in [0.1, 0.15) is 56.7 Å². The van der Waals surface area contributed by atoms with E-state index in [1.165, 1.54) is 0 Å². The Kier molecular flexibility index (Phi) is 10.5. The number of benzene rings is 1. The number of pyridine rings is 4. The molecule has 0 aliphatic heterocycles. The summed E-state index contributed by atoms with van der Waals surface area (Å²) in [6, 6.07) is 28.1. The highest BCUT2D eigenvalue weighted by atomic mass is 16.5. The van der Waals surface area contributed by atoms with Gasteiger partial charge < -0.3 is 9.84 Å². The fourth-order valence-corrected chi connectivity index (χ4v) is 5.57. The van der Waals surface area contributed by atoms with Crippen molar-refractivity contribution in [1.29, 1.82) is 0 Å². The van der Waals surface area contributed by atoms with Gasteiger partial charge in [0.2, 0.25) is 0 Å². The predicted octanol–water partition coefficient (Wildman–Crippen LogP) is 6.62. The molecule has 0 aliphatic carbocycles. The number of methoxy groups -OCH3 is 1. The molecular formula is C37H42N6O2. The zero-order valence-corrected chi connectivity index (χ0v) is 26.9. The highest BCUT2D eigenvalue weighted by molar-refractivity contribution is 5.46. The molecule has 4 aromatic heterocycles. The van der Waals surface area contributed by atoms with E-state index in [9.17, 15) is 5.11 Å². The van der Waals surface area contributed by atoms with Crippen LogP contribution in [-0.2, 0) is 39.3 Å². The van der Waals surface area contributed by atoms with Gasteiger partial charge in [0.1, 0.15) is 11.5 Å². The first-order valence-electron chi connectivity index (χ1n) is 15.3. The minimum Gasteiger partial charge on any atom is -0.507 e. The Bertz CT molecular complexity index is 1520. The summed E-state index contributed by atoms with van der Waals surface area (Å²) in [6.45, 7) is 11.4. The molecule has 45 heavy (non-hydrogen) atoms. The van der Waals surface area contributed by atoms with Crippen LogP contribution in [0.4, 0.5) is 0 Å². The van der Waals surface area contributed by atoms with Gasteiger partial charge in [-0.05, 0) is 88.4 Å². The van der Waals surface area contributed by atoms with E-state index in [1.807, 2.05) is 113 Å². The molecule has 0 amide bonds. The second-order valence-corrected chi connectivity index (χ2v) is 11.7. The van der Waals surface area contributed by atoms with Crippen LogP contribution in [0.2, 0.25) is 0 Å². The normalized spacial score (nSPS) is 11.4. The third kappa shape index (κ3) is 9.17. The maximum Gasteiger partial charge on any atom is 0.124 e. The van der Waals surface area contributed by atoms with Gasteiger partial charge in [-0.25, -0.2) is 0 Å². The van der Waals surface area contributed by atoms with Gasteiger partial charge in [-0.15, -0.1) is 0 Å². The van der Waals surface area contributed by atoms with Gasteiger partial charge in [-0.2, -0.15) is 0 Å². The summed E-state index contributed by atoms with van der Waals surface area (Å²) in [7, 11) is 1.66. The number of hydrogen-bond acceptors (Lipinski definition) is 8. The van der Waals surface area contributed by atoms with Crippen LogP contribution in [0.3, 0.4) is 0 Å². The quantitative estimate of drug-likeness (QED) is 0.161. The van der Waals surface area contributed by atoms with Gasteiger partial charge in [0.25, 0.3) is 0 Å². The molecule has 0 fully saturated rings. The second-order valence-electron chi connectivity index (χ2n) is 11.7. The van der Waals surface area contributed by atoms with E-state index >= 15 is 0 Å². The predicted molar refractivity (Wildman–Crippen MR) is 176 cm³/mol. The molecule has 0 bridgehead atoms. The number of nitrogens with zero attached hydrogens (tertiary/aromatic N) is 6. The lowest BCUT2D eigenvalue weighted by Crippen LogP contribution is -2.25. The van der Waals surface area contributed by atoms with Crippen LogP contribution in [0.15, 0.2) is 84.9 Å². The van der Waals surface area contributed by atoms with E-state index in [1.54, 1.807) is 7.11 Å². The Morgan fingerprint density at radius 1 is 0.511 bits per heavy atom. The van der Waals surface area contributed by atoms with Crippen LogP contribution in [0.5, 0.6) is 11.5 Å². The average Bonchev–Trinajstić information content (AvgIpc) is 2.99. The lowest BCUT2D eigenvalue weighted by molar-refractivity contribution is 0.230. The zero-order chi connectivity index (χ0) is 31.8. The summed E-state index contributed by atoms with van der Waals surface area (Å²) in [4.78, 5) is 23.5. The van der Waals surface area contributed by atoms with Crippen molar-refractivity contribution in [1.82, 2.24) is 29.7 Å². The van der Waals surface area contributed by atoms with Crippen molar-refractivity contribution in [3.8, 4) is 11.5 Å². The molecule has 0 atom stereocenters. The molecule has 0 radical (unpaired) electrons. The fraction of sp³-hybridized carbons (Fsp3) is 0.297. The van der Waals surface area contributed by atoms with Gasteiger partial charge in [0, 0.05) is 73.2 Å². The monoisotopic (exact) mass is 602 g/mol. The molecule has 4 heterocycles. The van der Waals surface area contributed by atoms with Crippen LogP contribution in [0.25, 0.3) is 0 Å². The van der Waals surface area contributed by atoms with Gasteiger partial charge >= 0.3 is 0 Å². The number of ether oxygens (including phenoxy) is 1. The third-order valence-electron chi connectivity index (χ3n) is 7.59. The molecule has 5 aromatic rings. The SMILES string of the molecule is COc1cc(CN(Cc2cccc(C)n2)Cc2cccc(C)n2)c(O)c(CN(Cc2cccc(C)n2)Cc2cccc(C)n2)c1. The van der Waals surface area contributed by atoms with Crippen molar-refractivity contribution in [3.63, 3.8) is 0 Å².